The number of benzene rings is 2. The van der Waals surface area contributed by atoms with Crippen molar-refractivity contribution < 1.29 is 4.39 Å². The normalized spacial score (nSPS) is 12.0. The lowest BCUT2D eigenvalue weighted by molar-refractivity contribution is 0.626. The van der Waals surface area contributed by atoms with Gasteiger partial charge in [0.05, 0.1) is 5.02 Å². The van der Waals surface area contributed by atoms with E-state index in [0.29, 0.717) is 10.6 Å². The van der Waals surface area contributed by atoms with Gasteiger partial charge in [0, 0.05) is 17.3 Å². The molecule has 0 saturated carbocycles. The SMILES string of the molecule is CC(Cc1ccc(F)cc1)Nc1ccc(C(N)=S)c(Cl)c1. The zero-order chi connectivity index (χ0) is 15.4. The van der Waals surface area contributed by atoms with Gasteiger partial charge in [0.1, 0.15) is 10.8 Å². The van der Waals surface area contributed by atoms with E-state index in [1.807, 2.05) is 6.07 Å². The second-order valence-corrected chi connectivity index (χ2v) is 5.78. The molecular weight excluding hydrogens is 307 g/mol. The molecule has 0 amide bonds. The lowest BCUT2D eigenvalue weighted by atomic mass is 10.1. The summed E-state index contributed by atoms with van der Waals surface area (Å²) < 4.78 is 12.9. The molecule has 2 rings (SSSR count). The summed E-state index contributed by atoms with van der Waals surface area (Å²) in [5.41, 5.74) is 8.22. The van der Waals surface area contributed by atoms with Gasteiger partial charge in [0.25, 0.3) is 0 Å². The molecule has 21 heavy (non-hydrogen) atoms. The van der Waals surface area contributed by atoms with E-state index in [2.05, 4.69) is 12.2 Å². The molecule has 0 spiro atoms. The Balaban J connectivity index is 2.02. The Labute approximate surface area is 134 Å². The van der Waals surface area contributed by atoms with Crippen LogP contribution in [0.3, 0.4) is 0 Å². The van der Waals surface area contributed by atoms with Gasteiger partial charge in [-0.1, -0.05) is 36.0 Å². The molecule has 5 heteroatoms. The van der Waals surface area contributed by atoms with Gasteiger partial charge in [-0.3, -0.25) is 0 Å². The van der Waals surface area contributed by atoms with Gasteiger partial charge in [-0.15, -0.1) is 0 Å². The summed E-state index contributed by atoms with van der Waals surface area (Å²) in [6, 6.07) is 12.2. The predicted octanol–water partition coefficient (Wildman–Crippen LogP) is 4.16. The number of halogens is 2. The van der Waals surface area contributed by atoms with Crippen LogP contribution in [0.15, 0.2) is 42.5 Å². The summed E-state index contributed by atoms with van der Waals surface area (Å²) in [4.78, 5) is 0.283. The Morgan fingerprint density at radius 1 is 1.29 bits per heavy atom. The third kappa shape index (κ3) is 4.41. The van der Waals surface area contributed by atoms with Crippen LogP contribution in [0.1, 0.15) is 18.1 Å². The summed E-state index contributed by atoms with van der Waals surface area (Å²) in [5.74, 6) is -0.223. The summed E-state index contributed by atoms with van der Waals surface area (Å²) in [7, 11) is 0. The van der Waals surface area contributed by atoms with Gasteiger partial charge in [-0.05, 0) is 49.2 Å². The third-order valence-corrected chi connectivity index (χ3v) is 3.64. The molecule has 0 aliphatic rings. The molecule has 2 aromatic rings. The van der Waals surface area contributed by atoms with Gasteiger partial charge < -0.3 is 11.1 Å². The first-order valence-electron chi connectivity index (χ1n) is 6.56. The van der Waals surface area contributed by atoms with Crippen LogP contribution in [0.5, 0.6) is 0 Å². The number of nitrogens with one attached hydrogen (secondary N) is 1. The minimum atomic E-state index is -0.223. The van der Waals surface area contributed by atoms with Crippen LogP contribution in [0.25, 0.3) is 0 Å². The van der Waals surface area contributed by atoms with Crippen LogP contribution in [-0.2, 0) is 6.42 Å². The molecule has 110 valence electrons. The van der Waals surface area contributed by atoms with Crippen molar-refractivity contribution in [1.82, 2.24) is 0 Å². The Morgan fingerprint density at radius 2 is 1.95 bits per heavy atom. The van der Waals surface area contributed by atoms with Crippen molar-refractivity contribution in [2.75, 3.05) is 5.32 Å². The summed E-state index contributed by atoms with van der Waals surface area (Å²) in [5, 5.41) is 3.88. The van der Waals surface area contributed by atoms with E-state index >= 15 is 0 Å². The van der Waals surface area contributed by atoms with Crippen molar-refractivity contribution >= 4 is 34.5 Å². The van der Waals surface area contributed by atoms with E-state index in [-0.39, 0.29) is 16.8 Å². The predicted molar refractivity (Wildman–Crippen MR) is 90.5 cm³/mol. The van der Waals surface area contributed by atoms with Crippen LogP contribution in [0.4, 0.5) is 10.1 Å². The average Bonchev–Trinajstić information content (AvgIpc) is 2.41. The largest absolute Gasteiger partial charge is 0.389 e. The zero-order valence-electron chi connectivity index (χ0n) is 11.6. The van der Waals surface area contributed by atoms with E-state index in [4.69, 9.17) is 29.6 Å². The summed E-state index contributed by atoms with van der Waals surface area (Å²) >= 11 is 11.1. The number of hydrogen-bond donors (Lipinski definition) is 2. The molecular formula is C16H16ClFN2S. The third-order valence-electron chi connectivity index (χ3n) is 3.10. The van der Waals surface area contributed by atoms with Crippen molar-refractivity contribution in [3.63, 3.8) is 0 Å². The summed E-state index contributed by atoms with van der Waals surface area (Å²) in [6.45, 7) is 2.05. The van der Waals surface area contributed by atoms with Gasteiger partial charge in [0.15, 0.2) is 0 Å². The standard InChI is InChI=1S/C16H16ClFN2S/c1-10(8-11-2-4-12(18)5-3-11)20-13-6-7-14(16(19)21)15(17)9-13/h2-7,9-10,20H,8H2,1H3,(H2,19,21). The minimum Gasteiger partial charge on any atom is -0.389 e. The van der Waals surface area contributed by atoms with Crippen LogP contribution < -0.4 is 11.1 Å². The molecule has 0 aromatic heterocycles. The van der Waals surface area contributed by atoms with Crippen molar-refractivity contribution in [2.45, 2.75) is 19.4 Å². The maximum atomic E-state index is 12.9. The monoisotopic (exact) mass is 322 g/mol. The second kappa shape index (κ2) is 6.87. The second-order valence-electron chi connectivity index (χ2n) is 4.93. The topological polar surface area (TPSA) is 38.0 Å². The van der Waals surface area contributed by atoms with Crippen LogP contribution >= 0.6 is 23.8 Å². The van der Waals surface area contributed by atoms with E-state index in [0.717, 1.165) is 17.7 Å². The highest BCUT2D eigenvalue weighted by molar-refractivity contribution is 7.80. The van der Waals surface area contributed by atoms with Crippen LogP contribution in [-0.4, -0.2) is 11.0 Å². The molecule has 1 atom stereocenters. The van der Waals surface area contributed by atoms with Gasteiger partial charge in [0.2, 0.25) is 0 Å². The highest BCUT2D eigenvalue weighted by Gasteiger charge is 2.07. The van der Waals surface area contributed by atoms with Crippen LogP contribution in [0, 0.1) is 5.82 Å². The highest BCUT2D eigenvalue weighted by atomic mass is 35.5. The molecule has 0 aliphatic heterocycles. The number of hydrogen-bond acceptors (Lipinski definition) is 2. The number of thiocarbonyl (C=S) groups is 1. The number of rotatable bonds is 5. The smallest absolute Gasteiger partial charge is 0.123 e. The molecule has 0 fully saturated rings. The van der Waals surface area contributed by atoms with E-state index in [9.17, 15) is 4.39 Å². The fourth-order valence-electron chi connectivity index (χ4n) is 2.11. The van der Waals surface area contributed by atoms with E-state index < -0.39 is 0 Å². The quantitative estimate of drug-likeness (QED) is 0.812. The Hall–Kier alpha value is -1.65. The first kappa shape index (κ1) is 15.7. The molecule has 1 unspecified atom stereocenters. The average molecular weight is 323 g/mol. The molecule has 0 bridgehead atoms. The maximum absolute atomic E-state index is 12.9. The first-order valence-corrected chi connectivity index (χ1v) is 7.34. The Morgan fingerprint density at radius 3 is 2.52 bits per heavy atom. The molecule has 0 aliphatic carbocycles. The maximum Gasteiger partial charge on any atom is 0.123 e. The minimum absolute atomic E-state index is 0.183. The van der Waals surface area contributed by atoms with Gasteiger partial charge >= 0.3 is 0 Å². The lowest BCUT2D eigenvalue weighted by Gasteiger charge is -2.16. The molecule has 2 aromatic carbocycles. The van der Waals surface area contributed by atoms with Crippen molar-refractivity contribution in [1.29, 1.82) is 0 Å². The number of anilines is 1. The zero-order valence-corrected chi connectivity index (χ0v) is 13.1. The molecule has 0 radical (unpaired) electrons. The lowest BCUT2D eigenvalue weighted by Crippen LogP contribution is -2.18. The van der Waals surface area contributed by atoms with Gasteiger partial charge in [-0.25, -0.2) is 4.39 Å². The Kier molecular flexibility index (Phi) is 5.15. The van der Waals surface area contributed by atoms with Gasteiger partial charge in [-0.2, -0.15) is 0 Å². The van der Waals surface area contributed by atoms with E-state index in [1.54, 1.807) is 24.3 Å². The van der Waals surface area contributed by atoms with E-state index in [1.165, 1.54) is 12.1 Å². The van der Waals surface area contributed by atoms with Crippen molar-refractivity contribution in [3.05, 3.63) is 64.4 Å². The molecule has 2 nitrogen and oxygen atoms in total. The fraction of sp³-hybridized carbons (Fsp3) is 0.188. The van der Waals surface area contributed by atoms with Crippen LogP contribution in [0.2, 0.25) is 5.02 Å². The fourth-order valence-corrected chi connectivity index (χ4v) is 2.63. The first-order chi connectivity index (χ1) is 9.95. The molecule has 0 saturated heterocycles. The molecule has 3 N–H and O–H groups in total. The summed E-state index contributed by atoms with van der Waals surface area (Å²) in [6.07, 6.45) is 0.787. The highest BCUT2D eigenvalue weighted by Crippen LogP contribution is 2.22. The van der Waals surface area contributed by atoms with Crippen molar-refractivity contribution in [3.8, 4) is 0 Å². The molecule has 0 heterocycles. The Bertz CT molecular complexity index is 643. The van der Waals surface area contributed by atoms with Crippen molar-refractivity contribution in [2.24, 2.45) is 5.73 Å². The number of nitrogens with two attached hydrogens (primary N) is 1.